The van der Waals surface area contributed by atoms with Crippen molar-refractivity contribution < 1.29 is 9.47 Å². The summed E-state index contributed by atoms with van der Waals surface area (Å²) in [5, 5.41) is 13.6. The number of hydrogen-bond donors (Lipinski definition) is 1. The van der Waals surface area contributed by atoms with Gasteiger partial charge in [0.25, 0.3) is 5.56 Å². The lowest BCUT2D eigenvalue weighted by Crippen LogP contribution is -2.33. The Morgan fingerprint density at radius 2 is 1.82 bits per heavy atom. The second-order valence-corrected chi connectivity index (χ2v) is 8.42. The highest BCUT2D eigenvalue weighted by atomic mass is 16.5. The molecule has 1 saturated heterocycles. The molecule has 0 spiro atoms. The summed E-state index contributed by atoms with van der Waals surface area (Å²) in [5.41, 5.74) is 2.32. The summed E-state index contributed by atoms with van der Waals surface area (Å²) in [6.45, 7) is 4.80. The van der Waals surface area contributed by atoms with Gasteiger partial charge in [0, 0.05) is 16.5 Å². The quantitative estimate of drug-likeness (QED) is 0.431. The van der Waals surface area contributed by atoms with Gasteiger partial charge in [-0.1, -0.05) is 12.1 Å². The molecule has 1 fully saturated rings. The summed E-state index contributed by atoms with van der Waals surface area (Å²) in [6, 6.07) is 15.1. The average molecular weight is 461 g/mol. The third-order valence-electron chi connectivity index (χ3n) is 6.25. The molecule has 2 aromatic heterocycles. The van der Waals surface area contributed by atoms with Crippen molar-refractivity contribution in [2.24, 2.45) is 0 Å². The van der Waals surface area contributed by atoms with Crippen LogP contribution in [-0.4, -0.2) is 56.9 Å². The summed E-state index contributed by atoms with van der Waals surface area (Å²) in [4.78, 5) is 18.6. The van der Waals surface area contributed by atoms with Gasteiger partial charge in [0.15, 0.2) is 5.82 Å². The van der Waals surface area contributed by atoms with Crippen molar-refractivity contribution in [2.75, 3.05) is 26.8 Å². The van der Waals surface area contributed by atoms with Gasteiger partial charge < -0.3 is 14.5 Å². The summed E-state index contributed by atoms with van der Waals surface area (Å²) >= 11 is 0. The molecule has 0 aliphatic carbocycles. The number of aromatic nitrogens is 5. The van der Waals surface area contributed by atoms with Crippen LogP contribution >= 0.6 is 0 Å². The maximum Gasteiger partial charge on any atom is 0.253 e. The lowest BCUT2D eigenvalue weighted by molar-refractivity contribution is 0.263. The molecule has 34 heavy (non-hydrogen) atoms. The van der Waals surface area contributed by atoms with Crippen LogP contribution in [0.1, 0.15) is 42.8 Å². The van der Waals surface area contributed by atoms with Crippen LogP contribution in [-0.2, 0) is 6.54 Å². The maximum absolute atomic E-state index is 13.3. The Balaban J connectivity index is 1.57. The van der Waals surface area contributed by atoms with E-state index in [0.29, 0.717) is 24.5 Å². The van der Waals surface area contributed by atoms with E-state index in [4.69, 9.17) is 9.47 Å². The summed E-state index contributed by atoms with van der Waals surface area (Å²) in [7, 11) is 1.65. The van der Waals surface area contributed by atoms with Crippen molar-refractivity contribution in [2.45, 2.75) is 32.4 Å². The molecule has 0 saturated carbocycles. The first kappa shape index (κ1) is 22.1. The van der Waals surface area contributed by atoms with Crippen LogP contribution in [0.25, 0.3) is 10.9 Å². The van der Waals surface area contributed by atoms with Crippen molar-refractivity contribution in [3.63, 3.8) is 0 Å². The maximum atomic E-state index is 13.3. The number of hydrogen-bond acceptors (Lipinski definition) is 7. The smallest absolute Gasteiger partial charge is 0.253 e. The molecule has 5 rings (SSSR count). The van der Waals surface area contributed by atoms with Crippen LogP contribution in [0.2, 0.25) is 0 Å². The van der Waals surface area contributed by atoms with Gasteiger partial charge in [-0.3, -0.25) is 9.69 Å². The third kappa shape index (κ3) is 4.38. The van der Waals surface area contributed by atoms with Crippen molar-refractivity contribution in [1.82, 2.24) is 30.1 Å². The lowest BCUT2D eigenvalue weighted by atomic mass is 10.0. The van der Waals surface area contributed by atoms with E-state index in [-0.39, 0.29) is 11.6 Å². The largest absolute Gasteiger partial charge is 0.497 e. The normalized spacial score (nSPS) is 15.0. The Morgan fingerprint density at radius 1 is 1.06 bits per heavy atom. The predicted octanol–water partition coefficient (Wildman–Crippen LogP) is 3.16. The number of pyridine rings is 1. The average Bonchev–Trinajstić information content (AvgIpc) is 3.54. The number of rotatable bonds is 8. The van der Waals surface area contributed by atoms with Crippen LogP contribution in [0, 0.1) is 0 Å². The number of tetrazole rings is 1. The molecule has 0 bridgehead atoms. The monoisotopic (exact) mass is 460 g/mol. The molecule has 9 nitrogen and oxygen atoms in total. The molecule has 176 valence electrons. The Bertz CT molecular complexity index is 1320. The number of benzene rings is 2. The number of H-pyrrole nitrogens is 1. The molecular weight excluding hydrogens is 432 g/mol. The molecule has 0 radical (unpaired) electrons. The number of methoxy groups -OCH3 is 1. The summed E-state index contributed by atoms with van der Waals surface area (Å²) in [5.74, 6) is 2.23. The van der Waals surface area contributed by atoms with E-state index >= 15 is 0 Å². The predicted molar refractivity (Wildman–Crippen MR) is 128 cm³/mol. The Hall–Kier alpha value is -3.72. The second kappa shape index (κ2) is 9.64. The molecule has 3 heterocycles. The molecule has 1 atom stereocenters. The van der Waals surface area contributed by atoms with Crippen LogP contribution in [0.5, 0.6) is 11.5 Å². The number of fused-ring (bicyclic) bond motifs is 1. The van der Waals surface area contributed by atoms with Gasteiger partial charge in [-0.15, -0.1) is 5.10 Å². The molecule has 0 amide bonds. The van der Waals surface area contributed by atoms with Gasteiger partial charge >= 0.3 is 0 Å². The standard InChI is InChI=1S/C25H28N6O3/c1-3-34-20-10-11-22-18(14-20)15-21(25(32)26-22)23(30-12-4-5-13-30)24-27-28-29-31(24)16-17-6-8-19(33-2)9-7-17/h6-11,14-15,23H,3-5,12-13,16H2,1-2H3,(H,26,32)/t23-/m1/s1. The number of ether oxygens (including phenoxy) is 2. The molecule has 4 aromatic rings. The van der Waals surface area contributed by atoms with Crippen molar-refractivity contribution in [3.05, 3.63) is 75.8 Å². The number of aromatic amines is 1. The number of nitrogens with one attached hydrogen (secondary N) is 1. The van der Waals surface area contributed by atoms with Crippen LogP contribution in [0.4, 0.5) is 0 Å². The molecule has 1 N–H and O–H groups in total. The van der Waals surface area contributed by atoms with E-state index in [2.05, 4.69) is 25.4 Å². The van der Waals surface area contributed by atoms with Crippen LogP contribution in [0.15, 0.2) is 53.3 Å². The molecule has 2 aromatic carbocycles. The zero-order valence-corrected chi connectivity index (χ0v) is 19.4. The van der Waals surface area contributed by atoms with E-state index in [1.165, 1.54) is 0 Å². The molecule has 1 aliphatic heterocycles. The number of likely N-dealkylation sites (tertiary alicyclic amines) is 1. The topological polar surface area (TPSA) is 98.2 Å². The fraction of sp³-hybridized carbons (Fsp3) is 0.360. The first-order valence-corrected chi connectivity index (χ1v) is 11.6. The van der Waals surface area contributed by atoms with Crippen molar-refractivity contribution >= 4 is 10.9 Å². The fourth-order valence-corrected chi connectivity index (χ4v) is 4.58. The molecule has 1 aliphatic rings. The van der Waals surface area contributed by atoms with Gasteiger partial charge in [0.2, 0.25) is 0 Å². The third-order valence-corrected chi connectivity index (χ3v) is 6.25. The minimum atomic E-state index is -0.348. The van der Waals surface area contributed by atoms with Crippen LogP contribution in [0.3, 0.4) is 0 Å². The Kier molecular flexibility index (Phi) is 6.27. The minimum absolute atomic E-state index is 0.132. The SMILES string of the molecule is CCOc1ccc2[nH]c(=O)c([C@H](c3nnnn3Cc3ccc(OC)cc3)N3CCCC3)cc2c1. The number of nitrogens with zero attached hydrogens (tertiary/aromatic N) is 5. The zero-order chi connectivity index (χ0) is 23.5. The molecular formula is C25H28N6O3. The van der Waals surface area contributed by atoms with Crippen LogP contribution < -0.4 is 15.0 Å². The van der Waals surface area contributed by atoms with E-state index in [9.17, 15) is 4.79 Å². The molecule has 0 unspecified atom stereocenters. The van der Waals surface area contributed by atoms with Crippen molar-refractivity contribution in [3.8, 4) is 11.5 Å². The van der Waals surface area contributed by atoms with E-state index in [0.717, 1.165) is 53.9 Å². The van der Waals surface area contributed by atoms with E-state index in [1.807, 2.05) is 55.5 Å². The Labute approximate surface area is 197 Å². The van der Waals surface area contributed by atoms with Crippen molar-refractivity contribution in [1.29, 1.82) is 0 Å². The molecule has 9 heteroatoms. The highest BCUT2D eigenvalue weighted by Gasteiger charge is 2.32. The zero-order valence-electron chi connectivity index (χ0n) is 19.4. The first-order chi connectivity index (χ1) is 16.7. The van der Waals surface area contributed by atoms with E-state index in [1.54, 1.807) is 11.8 Å². The second-order valence-electron chi connectivity index (χ2n) is 8.42. The highest BCUT2D eigenvalue weighted by molar-refractivity contribution is 5.80. The fourth-order valence-electron chi connectivity index (χ4n) is 4.58. The summed E-state index contributed by atoms with van der Waals surface area (Å²) in [6.07, 6.45) is 2.16. The highest BCUT2D eigenvalue weighted by Crippen LogP contribution is 2.30. The minimum Gasteiger partial charge on any atom is -0.497 e. The summed E-state index contributed by atoms with van der Waals surface area (Å²) < 4.78 is 12.7. The van der Waals surface area contributed by atoms with Gasteiger partial charge in [-0.2, -0.15) is 0 Å². The van der Waals surface area contributed by atoms with E-state index < -0.39 is 0 Å². The lowest BCUT2D eigenvalue weighted by Gasteiger charge is -2.26. The Morgan fingerprint density at radius 3 is 2.56 bits per heavy atom. The van der Waals surface area contributed by atoms with Gasteiger partial charge in [0.1, 0.15) is 17.5 Å². The van der Waals surface area contributed by atoms with Gasteiger partial charge in [-0.25, -0.2) is 4.68 Å². The first-order valence-electron chi connectivity index (χ1n) is 11.6. The van der Waals surface area contributed by atoms with Gasteiger partial charge in [0.05, 0.1) is 20.3 Å². The van der Waals surface area contributed by atoms with Gasteiger partial charge in [-0.05, 0) is 85.2 Å².